The molecule has 6 nitrogen and oxygen atoms in total. The highest BCUT2D eigenvalue weighted by atomic mass is 35.5. The van der Waals surface area contributed by atoms with Crippen molar-refractivity contribution in [2.75, 3.05) is 20.2 Å². The van der Waals surface area contributed by atoms with E-state index in [0.29, 0.717) is 34.1 Å². The molecule has 1 aliphatic heterocycles. The van der Waals surface area contributed by atoms with E-state index in [9.17, 15) is 4.79 Å². The molecule has 1 unspecified atom stereocenters. The first-order valence-electron chi connectivity index (χ1n) is 8.47. The van der Waals surface area contributed by atoms with Crippen LogP contribution in [0.5, 0.6) is 0 Å². The highest BCUT2D eigenvalue weighted by Crippen LogP contribution is 2.53. The van der Waals surface area contributed by atoms with Gasteiger partial charge in [-0.3, -0.25) is 4.79 Å². The van der Waals surface area contributed by atoms with Crippen LogP contribution in [0.25, 0.3) is 0 Å². The second-order valence-electron chi connectivity index (χ2n) is 6.89. The molecule has 25 heavy (non-hydrogen) atoms. The lowest BCUT2D eigenvalue weighted by atomic mass is 9.76. The zero-order chi connectivity index (χ0) is 17.4. The minimum atomic E-state index is 0.0438. The van der Waals surface area contributed by atoms with Crippen LogP contribution in [0.15, 0.2) is 16.7 Å². The lowest BCUT2D eigenvalue weighted by Crippen LogP contribution is -2.30. The van der Waals surface area contributed by atoms with Crippen LogP contribution >= 0.6 is 22.9 Å². The normalized spacial score (nSPS) is 22.2. The Morgan fingerprint density at radius 1 is 1.48 bits per heavy atom. The zero-order valence-electron chi connectivity index (χ0n) is 14.0. The number of halogens is 1. The van der Waals surface area contributed by atoms with E-state index in [-0.39, 0.29) is 17.2 Å². The molecule has 2 fully saturated rings. The van der Waals surface area contributed by atoms with Gasteiger partial charge < -0.3 is 14.2 Å². The van der Waals surface area contributed by atoms with Gasteiger partial charge in [-0.2, -0.15) is 4.98 Å². The Kier molecular flexibility index (Phi) is 4.56. The molecule has 2 aromatic rings. The third-order valence-corrected chi connectivity index (χ3v) is 6.59. The number of likely N-dealkylation sites (tertiary alicyclic amines) is 1. The highest BCUT2D eigenvalue weighted by Gasteiger charge is 2.52. The van der Waals surface area contributed by atoms with E-state index in [4.69, 9.17) is 20.9 Å². The molecule has 134 valence electrons. The van der Waals surface area contributed by atoms with Crippen LogP contribution in [0, 0.1) is 5.41 Å². The van der Waals surface area contributed by atoms with Gasteiger partial charge in [-0.05, 0) is 25.0 Å². The quantitative estimate of drug-likeness (QED) is 0.807. The Bertz CT molecular complexity index is 769. The number of thiophene rings is 1. The molecule has 1 aliphatic carbocycles. The fourth-order valence-electron chi connectivity index (χ4n) is 4.23. The molecule has 4 rings (SSSR count). The molecule has 2 aliphatic rings. The van der Waals surface area contributed by atoms with Gasteiger partial charge in [0, 0.05) is 25.6 Å². The van der Waals surface area contributed by atoms with Crippen molar-refractivity contribution in [3.63, 3.8) is 0 Å². The van der Waals surface area contributed by atoms with Crippen LogP contribution in [0.3, 0.4) is 0 Å². The predicted octanol–water partition coefficient (Wildman–Crippen LogP) is 3.73. The maximum Gasteiger partial charge on any atom is 0.264 e. The fraction of sp³-hybridized carbons (Fsp3) is 0.588. The van der Waals surface area contributed by atoms with E-state index in [1.165, 1.54) is 24.2 Å². The van der Waals surface area contributed by atoms with Crippen LogP contribution in [0.4, 0.5) is 0 Å². The van der Waals surface area contributed by atoms with Crippen LogP contribution < -0.4 is 0 Å². The number of ether oxygens (including phenoxy) is 1. The topological polar surface area (TPSA) is 68.5 Å². The summed E-state index contributed by atoms with van der Waals surface area (Å²) < 4.78 is 11.2. The lowest BCUT2D eigenvalue weighted by Gasteiger charge is -2.27. The van der Waals surface area contributed by atoms with Crippen molar-refractivity contribution < 1.29 is 14.1 Å². The first kappa shape index (κ1) is 17.0. The molecular weight excluding hydrogens is 362 g/mol. The van der Waals surface area contributed by atoms with Crippen molar-refractivity contribution in [2.24, 2.45) is 5.41 Å². The zero-order valence-corrected chi connectivity index (χ0v) is 15.6. The Morgan fingerprint density at radius 3 is 2.96 bits per heavy atom. The minimum Gasteiger partial charge on any atom is -0.377 e. The maximum atomic E-state index is 12.9. The van der Waals surface area contributed by atoms with Crippen molar-refractivity contribution >= 4 is 28.8 Å². The summed E-state index contributed by atoms with van der Waals surface area (Å²) in [4.78, 5) is 20.0. The number of aromatic nitrogens is 2. The highest BCUT2D eigenvalue weighted by molar-refractivity contribution is 7.17. The van der Waals surface area contributed by atoms with Gasteiger partial charge in [0.2, 0.25) is 5.89 Å². The Balaban J connectivity index is 1.60. The van der Waals surface area contributed by atoms with Gasteiger partial charge in [-0.1, -0.05) is 29.6 Å². The number of rotatable bonds is 4. The van der Waals surface area contributed by atoms with Crippen LogP contribution in [-0.4, -0.2) is 41.1 Å². The smallest absolute Gasteiger partial charge is 0.264 e. The van der Waals surface area contributed by atoms with E-state index in [2.05, 4.69) is 10.1 Å². The number of carbonyl (C=O) groups is 1. The molecular formula is C17H20ClN3O3S. The van der Waals surface area contributed by atoms with Crippen molar-refractivity contribution in [1.82, 2.24) is 15.0 Å². The second-order valence-corrected chi connectivity index (χ2v) is 8.61. The molecule has 1 saturated heterocycles. The van der Waals surface area contributed by atoms with Gasteiger partial charge >= 0.3 is 0 Å². The summed E-state index contributed by atoms with van der Waals surface area (Å²) in [5.74, 6) is 1.32. The second kappa shape index (κ2) is 6.70. The number of carbonyl (C=O) groups excluding carboxylic acids is 1. The summed E-state index contributed by atoms with van der Waals surface area (Å²) in [6.45, 7) is 1.69. The number of amides is 1. The maximum absolute atomic E-state index is 12.9. The summed E-state index contributed by atoms with van der Waals surface area (Å²) in [5, 5.41) is 4.01. The SMILES string of the molecule is COCc1noc(C2CN(C(=O)c3ccc(Cl)s3)CC23CCCC3)n1. The van der Waals surface area contributed by atoms with E-state index in [1.807, 2.05) is 4.90 Å². The van der Waals surface area contributed by atoms with Crippen molar-refractivity contribution in [2.45, 2.75) is 38.2 Å². The van der Waals surface area contributed by atoms with E-state index >= 15 is 0 Å². The van der Waals surface area contributed by atoms with Crippen molar-refractivity contribution in [3.8, 4) is 0 Å². The molecule has 3 heterocycles. The Labute approximate surface area is 155 Å². The molecule has 8 heteroatoms. The van der Waals surface area contributed by atoms with Gasteiger partial charge in [0.1, 0.15) is 6.61 Å². The number of hydrogen-bond acceptors (Lipinski definition) is 6. The van der Waals surface area contributed by atoms with Crippen molar-refractivity contribution in [1.29, 1.82) is 0 Å². The Morgan fingerprint density at radius 2 is 2.28 bits per heavy atom. The fourth-order valence-corrected chi connectivity index (χ4v) is 5.24. The van der Waals surface area contributed by atoms with Crippen LogP contribution in [-0.2, 0) is 11.3 Å². The van der Waals surface area contributed by atoms with Gasteiger partial charge in [0.25, 0.3) is 5.91 Å². The first-order valence-corrected chi connectivity index (χ1v) is 9.67. The molecule has 0 aromatic carbocycles. The molecule has 1 atom stereocenters. The Hall–Kier alpha value is -1.44. The average molecular weight is 382 g/mol. The summed E-state index contributed by atoms with van der Waals surface area (Å²) >= 11 is 7.32. The summed E-state index contributed by atoms with van der Waals surface area (Å²) in [6, 6.07) is 3.57. The third kappa shape index (κ3) is 3.09. The van der Waals surface area contributed by atoms with E-state index < -0.39 is 0 Å². The summed E-state index contributed by atoms with van der Waals surface area (Å²) in [7, 11) is 1.61. The van der Waals surface area contributed by atoms with E-state index in [1.54, 1.807) is 19.2 Å². The van der Waals surface area contributed by atoms with Crippen LogP contribution in [0.1, 0.15) is 53.0 Å². The van der Waals surface area contributed by atoms with Crippen LogP contribution in [0.2, 0.25) is 4.34 Å². The number of methoxy groups -OCH3 is 1. The average Bonchev–Trinajstić information content (AvgIpc) is 3.36. The summed E-state index contributed by atoms with van der Waals surface area (Å²) in [6.07, 6.45) is 4.55. The molecule has 1 spiro atoms. The number of nitrogens with zero attached hydrogens (tertiary/aromatic N) is 3. The molecule has 0 bridgehead atoms. The predicted molar refractivity (Wildman–Crippen MR) is 93.9 cm³/mol. The lowest BCUT2D eigenvalue weighted by molar-refractivity contribution is 0.0778. The molecule has 1 amide bonds. The summed E-state index contributed by atoms with van der Waals surface area (Å²) in [5.41, 5.74) is 0.0492. The third-order valence-electron chi connectivity index (χ3n) is 5.37. The molecule has 2 aromatic heterocycles. The first-order chi connectivity index (χ1) is 12.1. The minimum absolute atomic E-state index is 0.0438. The van der Waals surface area contributed by atoms with Gasteiger partial charge in [0.05, 0.1) is 15.1 Å². The van der Waals surface area contributed by atoms with Gasteiger partial charge in [-0.15, -0.1) is 11.3 Å². The molecule has 1 saturated carbocycles. The standard InChI is InChI=1S/C17H20ClN3O3S/c1-23-9-14-19-15(24-20-14)11-8-21(10-17(11)6-2-3-7-17)16(22)12-4-5-13(18)25-12/h4-5,11H,2-3,6-10H2,1H3. The number of hydrogen-bond donors (Lipinski definition) is 0. The van der Waals surface area contributed by atoms with Gasteiger partial charge in [-0.25, -0.2) is 0 Å². The van der Waals surface area contributed by atoms with Crippen molar-refractivity contribution in [3.05, 3.63) is 33.1 Å². The largest absolute Gasteiger partial charge is 0.377 e. The monoisotopic (exact) mass is 381 g/mol. The van der Waals surface area contributed by atoms with E-state index in [0.717, 1.165) is 19.4 Å². The molecule has 0 N–H and O–H groups in total. The molecule has 0 radical (unpaired) electrons. The van der Waals surface area contributed by atoms with Gasteiger partial charge in [0.15, 0.2) is 5.82 Å².